The number of nitrogens with one attached hydrogen (secondary N) is 1. The van der Waals surface area contributed by atoms with Crippen LogP contribution in [-0.4, -0.2) is 11.3 Å². The number of fused-ring (bicyclic) bond motifs is 1. The van der Waals surface area contributed by atoms with Crippen LogP contribution in [0.15, 0.2) is 18.2 Å². The zero-order valence-corrected chi connectivity index (χ0v) is 10.3. The van der Waals surface area contributed by atoms with Crippen LogP contribution >= 0.6 is 35.1 Å². The van der Waals surface area contributed by atoms with Crippen molar-refractivity contribution in [2.45, 2.75) is 18.3 Å². The van der Waals surface area contributed by atoms with Crippen LogP contribution in [0.5, 0.6) is 5.75 Å². The van der Waals surface area contributed by atoms with Crippen LogP contribution in [0, 0.1) is 0 Å². The van der Waals surface area contributed by atoms with Gasteiger partial charge in [-0.3, -0.25) is 0 Å². The lowest BCUT2D eigenvalue weighted by atomic mass is 10.3. The van der Waals surface area contributed by atoms with Crippen molar-refractivity contribution in [2.24, 2.45) is 0 Å². The smallest absolute Gasteiger partial charge is 0.163 e. The fourth-order valence-electron chi connectivity index (χ4n) is 1.33. The summed E-state index contributed by atoms with van der Waals surface area (Å²) in [5, 5.41) is 0.693. The number of hydrogen-bond acceptors (Lipinski definition) is 3. The van der Waals surface area contributed by atoms with E-state index in [1.807, 2.05) is 18.2 Å². The molecule has 0 aliphatic carbocycles. The van der Waals surface area contributed by atoms with E-state index < -0.39 is 0 Å². The quantitative estimate of drug-likeness (QED) is 0.655. The minimum Gasteiger partial charge on any atom is -0.476 e. The number of hydrogen-bond donors (Lipinski definition) is 1. The zero-order chi connectivity index (χ0) is 10.7. The molecule has 1 aliphatic rings. The van der Waals surface area contributed by atoms with Gasteiger partial charge >= 0.3 is 0 Å². The Balaban J connectivity index is 2.05. The van der Waals surface area contributed by atoms with Gasteiger partial charge in [0, 0.05) is 17.0 Å². The summed E-state index contributed by atoms with van der Waals surface area (Å²) in [7, 11) is 0. The predicted molar refractivity (Wildman–Crippen MR) is 67.0 cm³/mol. The van der Waals surface area contributed by atoms with Crippen LogP contribution in [0.4, 0.5) is 5.69 Å². The average molecular weight is 264 g/mol. The minimum atomic E-state index is 0.120. The molecule has 0 radical (unpaired) electrons. The second-order valence-corrected chi connectivity index (χ2v) is 5.02. The fourth-order valence-corrected chi connectivity index (χ4v) is 2.51. The van der Waals surface area contributed by atoms with E-state index in [1.165, 1.54) is 0 Å². The minimum absolute atomic E-state index is 0.120. The molecule has 0 saturated carbocycles. The maximum Gasteiger partial charge on any atom is 0.163 e. The van der Waals surface area contributed by atoms with Crippen LogP contribution in [-0.2, 0) is 0 Å². The highest BCUT2D eigenvalue weighted by Gasteiger charge is 2.19. The average Bonchev–Trinajstić information content (AvgIpc) is 2.25. The molecule has 1 aromatic rings. The molecule has 1 heterocycles. The molecule has 0 saturated heterocycles. The summed E-state index contributed by atoms with van der Waals surface area (Å²) in [5.74, 6) is 1.49. The first-order valence-corrected chi connectivity index (χ1v) is 6.52. The molecular formula is C10H11Cl2NOS. The molecule has 0 aromatic heterocycles. The number of alkyl halides is 1. The third-order valence-corrected chi connectivity index (χ3v) is 3.51. The van der Waals surface area contributed by atoms with Crippen LogP contribution in [0.25, 0.3) is 0 Å². The second-order valence-electron chi connectivity index (χ2n) is 3.24. The van der Waals surface area contributed by atoms with E-state index in [-0.39, 0.29) is 5.44 Å². The van der Waals surface area contributed by atoms with E-state index >= 15 is 0 Å². The Morgan fingerprint density at radius 2 is 2.33 bits per heavy atom. The lowest BCUT2D eigenvalue weighted by molar-refractivity contribution is 0.275. The highest BCUT2D eigenvalue weighted by molar-refractivity contribution is 8.01. The second kappa shape index (κ2) is 5.19. The Bertz CT molecular complexity index is 348. The van der Waals surface area contributed by atoms with E-state index in [2.05, 4.69) is 4.72 Å². The predicted octanol–water partition coefficient (Wildman–Crippen LogP) is 4.14. The van der Waals surface area contributed by atoms with Gasteiger partial charge in [0.1, 0.15) is 5.75 Å². The van der Waals surface area contributed by atoms with Gasteiger partial charge < -0.3 is 9.46 Å². The van der Waals surface area contributed by atoms with Gasteiger partial charge in [0.05, 0.1) is 5.69 Å². The van der Waals surface area contributed by atoms with Gasteiger partial charge in [0.2, 0.25) is 0 Å². The normalized spacial score (nSPS) is 18.9. The molecule has 0 fully saturated rings. The van der Waals surface area contributed by atoms with Gasteiger partial charge in [0.15, 0.2) is 5.44 Å². The summed E-state index contributed by atoms with van der Waals surface area (Å²) in [4.78, 5) is 0. The molecule has 2 nitrogen and oxygen atoms in total. The van der Waals surface area contributed by atoms with Crippen molar-refractivity contribution in [1.29, 1.82) is 0 Å². The summed E-state index contributed by atoms with van der Waals surface area (Å²) in [6.07, 6.45) is 1.89. The van der Waals surface area contributed by atoms with Crippen molar-refractivity contribution < 1.29 is 4.74 Å². The van der Waals surface area contributed by atoms with Crippen molar-refractivity contribution in [3.63, 3.8) is 0 Å². The monoisotopic (exact) mass is 263 g/mol. The molecule has 1 unspecified atom stereocenters. The molecule has 1 atom stereocenters. The Morgan fingerprint density at radius 3 is 3.13 bits per heavy atom. The van der Waals surface area contributed by atoms with Crippen molar-refractivity contribution in [1.82, 2.24) is 0 Å². The van der Waals surface area contributed by atoms with Gasteiger partial charge in [-0.05, 0) is 36.9 Å². The maximum absolute atomic E-state index is 5.89. The van der Waals surface area contributed by atoms with Gasteiger partial charge in [-0.25, -0.2) is 0 Å². The number of rotatable bonds is 3. The van der Waals surface area contributed by atoms with E-state index in [0.29, 0.717) is 10.9 Å². The third-order valence-electron chi connectivity index (χ3n) is 2.08. The molecular weight excluding hydrogens is 253 g/mol. The van der Waals surface area contributed by atoms with Gasteiger partial charge in [-0.15, -0.1) is 11.6 Å². The van der Waals surface area contributed by atoms with Crippen molar-refractivity contribution in [2.75, 3.05) is 10.6 Å². The number of ether oxygens (including phenoxy) is 1. The maximum atomic E-state index is 5.89. The number of benzene rings is 1. The van der Waals surface area contributed by atoms with E-state index in [1.54, 1.807) is 11.9 Å². The SMILES string of the molecule is ClCCCC1Oc2cc(Cl)ccc2NS1. The Kier molecular flexibility index (Phi) is 3.89. The Labute approximate surface area is 103 Å². The van der Waals surface area contributed by atoms with Gasteiger partial charge in [0.25, 0.3) is 0 Å². The van der Waals surface area contributed by atoms with Crippen LogP contribution in [0.3, 0.4) is 0 Å². The van der Waals surface area contributed by atoms with Crippen molar-refractivity contribution in [3.8, 4) is 5.75 Å². The van der Waals surface area contributed by atoms with E-state index in [4.69, 9.17) is 27.9 Å². The molecule has 82 valence electrons. The zero-order valence-electron chi connectivity index (χ0n) is 8.00. The molecule has 0 amide bonds. The standard InChI is InChI=1S/C10H11Cl2NOS/c11-5-1-2-10-14-9-6-7(12)3-4-8(9)13-15-10/h3-4,6,10,13H,1-2,5H2. The topological polar surface area (TPSA) is 21.3 Å². The molecule has 1 aliphatic heterocycles. The van der Waals surface area contributed by atoms with Gasteiger partial charge in [-0.1, -0.05) is 11.6 Å². The van der Waals surface area contributed by atoms with Crippen molar-refractivity contribution >= 4 is 40.8 Å². The van der Waals surface area contributed by atoms with Crippen LogP contribution < -0.4 is 9.46 Å². The molecule has 15 heavy (non-hydrogen) atoms. The van der Waals surface area contributed by atoms with Crippen molar-refractivity contribution in [3.05, 3.63) is 23.2 Å². The third kappa shape index (κ3) is 2.86. The molecule has 2 rings (SSSR count). The number of halogens is 2. The molecule has 5 heteroatoms. The Hall–Kier alpha value is -0.250. The van der Waals surface area contributed by atoms with E-state index in [9.17, 15) is 0 Å². The summed E-state index contributed by atoms with van der Waals surface area (Å²) in [6.45, 7) is 0. The van der Waals surface area contributed by atoms with Crippen LogP contribution in [0.1, 0.15) is 12.8 Å². The first-order valence-electron chi connectivity index (χ1n) is 4.73. The summed E-state index contributed by atoms with van der Waals surface area (Å²) < 4.78 is 9.01. The summed E-state index contributed by atoms with van der Waals surface area (Å²) in [6, 6.07) is 5.59. The summed E-state index contributed by atoms with van der Waals surface area (Å²) in [5.41, 5.74) is 1.10. The first-order chi connectivity index (χ1) is 7.29. The first kappa shape index (κ1) is 11.2. The highest BCUT2D eigenvalue weighted by atomic mass is 35.5. The molecule has 0 spiro atoms. The largest absolute Gasteiger partial charge is 0.476 e. The molecule has 0 bridgehead atoms. The number of anilines is 1. The fraction of sp³-hybridized carbons (Fsp3) is 0.400. The lowest BCUT2D eigenvalue weighted by Crippen LogP contribution is -2.19. The Morgan fingerprint density at radius 1 is 1.47 bits per heavy atom. The van der Waals surface area contributed by atoms with E-state index in [0.717, 1.165) is 24.3 Å². The molecule has 1 N–H and O–H groups in total. The highest BCUT2D eigenvalue weighted by Crippen LogP contribution is 2.37. The van der Waals surface area contributed by atoms with Crippen LogP contribution in [0.2, 0.25) is 5.02 Å². The molecule has 1 aromatic carbocycles. The van der Waals surface area contributed by atoms with Gasteiger partial charge in [-0.2, -0.15) is 0 Å². The summed E-state index contributed by atoms with van der Waals surface area (Å²) >= 11 is 13.1. The lowest BCUT2D eigenvalue weighted by Gasteiger charge is -2.26.